The van der Waals surface area contributed by atoms with Gasteiger partial charge in [-0.2, -0.15) is 0 Å². The summed E-state index contributed by atoms with van der Waals surface area (Å²) in [7, 11) is 0. The first kappa shape index (κ1) is 21.5. The first-order chi connectivity index (χ1) is 15.1. The van der Waals surface area contributed by atoms with Crippen LogP contribution in [0.25, 0.3) is 0 Å². The molecule has 9 heteroatoms. The molecule has 1 unspecified atom stereocenters. The van der Waals surface area contributed by atoms with E-state index in [4.69, 9.17) is 0 Å². The highest BCUT2D eigenvalue weighted by molar-refractivity contribution is 7.98. The molecule has 0 spiro atoms. The van der Waals surface area contributed by atoms with Crippen molar-refractivity contribution in [3.8, 4) is 0 Å². The van der Waals surface area contributed by atoms with Crippen LogP contribution in [-0.2, 0) is 21.8 Å². The minimum Gasteiger partial charge on any atom is -0.342 e. The number of nitrogens with one attached hydrogen (secondary N) is 1. The van der Waals surface area contributed by atoms with Crippen LogP contribution in [0.1, 0.15) is 17.0 Å². The van der Waals surface area contributed by atoms with Crippen molar-refractivity contribution in [2.24, 2.45) is 5.92 Å². The summed E-state index contributed by atoms with van der Waals surface area (Å²) in [5.41, 5.74) is 0.955. The number of nitrogens with zero attached hydrogens (tertiary/aromatic N) is 3. The van der Waals surface area contributed by atoms with Crippen LogP contribution in [-0.4, -0.2) is 40.0 Å². The van der Waals surface area contributed by atoms with Crippen molar-refractivity contribution in [1.29, 1.82) is 0 Å². The Labute approximate surface area is 187 Å². The highest BCUT2D eigenvalue weighted by Crippen LogP contribution is 2.26. The largest absolute Gasteiger partial charge is 0.342 e. The third-order valence-electron chi connectivity index (χ3n) is 4.97. The first-order valence-electron chi connectivity index (χ1n) is 9.90. The summed E-state index contributed by atoms with van der Waals surface area (Å²) < 4.78 is 13.0. The molecular formula is C22H21FN4O2S2. The fraction of sp³-hybridized carbons (Fsp3) is 0.273. The van der Waals surface area contributed by atoms with Gasteiger partial charge in [-0.05, 0) is 36.2 Å². The molecular weight excluding hydrogens is 435 g/mol. The van der Waals surface area contributed by atoms with Gasteiger partial charge in [0.05, 0.1) is 11.7 Å². The van der Waals surface area contributed by atoms with Gasteiger partial charge < -0.3 is 10.2 Å². The second-order valence-electron chi connectivity index (χ2n) is 7.21. The van der Waals surface area contributed by atoms with Gasteiger partial charge in [-0.3, -0.25) is 9.59 Å². The van der Waals surface area contributed by atoms with Gasteiger partial charge in [0, 0.05) is 24.4 Å². The molecule has 1 saturated heterocycles. The van der Waals surface area contributed by atoms with Gasteiger partial charge in [0.15, 0.2) is 0 Å². The van der Waals surface area contributed by atoms with Crippen LogP contribution in [0.4, 0.5) is 9.52 Å². The van der Waals surface area contributed by atoms with Crippen LogP contribution < -0.4 is 5.32 Å². The van der Waals surface area contributed by atoms with Crippen molar-refractivity contribution in [3.63, 3.8) is 0 Å². The minimum absolute atomic E-state index is 0.0422. The Morgan fingerprint density at radius 2 is 1.94 bits per heavy atom. The standard InChI is InChI=1S/C22H21FN4O2S2/c23-17-8-6-15(7-9-17)10-11-27-13-16(12-20(27)28)21(29)24-22-26-25-19(31-22)14-30-18-4-2-1-3-5-18/h1-9,16H,10-14H2,(H,24,26,29). The number of hydrogen-bond acceptors (Lipinski definition) is 6. The molecule has 2 aromatic carbocycles. The van der Waals surface area contributed by atoms with E-state index in [1.807, 2.05) is 30.3 Å². The lowest BCUT2D eigenvalue weighted by Gasteiger charge is -2.16. The number of benzene rings is 2. The summed E-state index contributed by atoms with van der Waals surface area (Å²) >= 11 is 3.00. The number of rotatable bonds is 8. The summed E-state index contributed by atoms with van der Waals surface area (Å²) in [4.78, 5) is 27.7. The third kappa shape index (κ3) is 5.89. The number of carbonyl (C=O) groups is 2. The highest BCUT2D eigenvalue weighted by atomic mass is 32.2. The predicted molar refractivity (Wildman–Crippen MR) is 119 cm³/mol. The molecule has 2 heterocycles. The Morgan fingerprint density at radius 3 is 2.71 bits per heavy atom. The van der Waals surface area contributed by atoms with E-state index < -0.39 is 5.92 Å². The molecule has 2 amide bonds. The van der Waals surface area contributed by atoms with Crippen molar-refractivity contribution in [1.82, 2.24) is 15.1 Å². The summed E-state index contributed by atoms with van der Waals surface area (Å²) in [6, 6.07) is 16.3. The van der Waals surface area contributed by atoms with Crippen LogP contribution in [0.2, 0.25) is 0 Å². The summed E-state index contributed by atoms with van der Waals surface area (Å²) in [6.45, 7) is 0.884. The molecule has 0 aliphatic carbocycles. The maximum absolute atomic E-state index is 13.0. The summed E-state index contributed by atoms with van der Waals surface area (Å²) in [5, 5.41) is 12.3. The third-order valence-corrected chi connectivity index (χ3v) is 7.02. The molecule has 0 saturated carbocycles. The van der Waals surface area contributed by atoms with Gasteiger partial charge in [-0.15, -0.1) is 22.0 Å². The van der Waals surface area contributed by atoms with E-state index in [0.717, 1.165) is 15.5 Å². The average Bonchev–Trinajstić information content (AvgIpc) is 3.39. The van der Waals surface area contributed by atoms with Crippen LogP contribution in [0, 0.1) is 11.7 Å². The zero-order chi connectivity index (χ0) is 21.6. The van der Waals surface area contributed by atoms with E-state index in [-0.39, 0.29) is 24.1 Å². The van der Waals surface area contributed by atoms with Gasteiger partial charge in [0.1, 0.15) is 10.8 Å². The molecule has 4 rings (SSSR count). The Morgan fingerprint density at radius 1 is 1.16 bits per heavy atom. The van der Waals surface area contributed by atoms with E-state index in [0.29, 0.717) is 30.4 Å². The van der Waals surface area contributed by atoms with Gasteiger partial charge in [-0.25, -0.2) is 4.39 Å². The molecule has 1 fully saturated rings. The maximum atomic E-state index is 13.0. The topological polar surface area (TPSA) is 75.2 Å². The minimum atomic E-state index is -0.410. The van der Waals surface area contributed by atoms with E-state index in [1.165, 1.54) is 23.5 Å². The molecule has 3 aromatic rings. The quantitative estimate of drug-likeness (QED) is 0.519. The SMILES string of the molecule is O=C(Nc1nnc(CSc2ccccc2)s1)C1CC(=O)N(CCc2ccc(F)cc2)C1. The van der Waals surface area contributed by atoms with Crippen molar-refractivity contribution in [2.45, 2.75) is 23.5 Å². The molecule has 1 aromatic heterocycles. The average molecular weight is 457 g/mol. The number of anilines is 1. The molecule has 0 bridgehead atoms. The van der Waals surface area contributed by atoms with E-state index in [2.05, 4.69) is 15.5 Å². The Hall–Kier alpha value is -2.78. The number of likely N-dealkylation sites (tertiary alicyclic amines) is 1. The molecule has 0 radical (unpaired) electrons. The second-order valence-corrected chi connectivity index (χ2v) is 9.32. The Kier molecular flexibility index (Phi) is 6.93. The second kappa shape index (κ2) is 10.0. The summed E-state index contributed by atoms with van der Waals surface area (Å²) in [5.74, 6) is -0.269. The lowest BCUT2D eigenvalue weighted by atomic mass is 10.1. The van der Waals surface area contributed by atoms with Crippen LogP contribution >= 0.6 is 23.1 Å². The normalized spacial score (nSPS) is 16.0. The summed E-state index contributed by atoms with van der Waals surface area (Å²) in [6.07, 6.45) is 0.809. The lowest BCUT2D eigenvalue weighted by molar-refractivity contribution is -0.128. The first-order valence-corrected chi connectivity index (χ1v) is 11.7. The molecule has 31 heavy (non-hydrogen) atoms. The van der Waals surface area contributed by atoms with Crippen LogP contribution in [0.15, 0.2) is 59.5 Å². The Balaban J connectivity index is 1.25. The fourth-order valence-electron chi connectivity index (χ4n) is 3.31. The van der Waals surface area contributed by atoms with Gasteiger partial charge >= 0.3 is 0 Å². The molecule has 1 atom stereocenters. The van der Waals surface area contributed by atoms with Crippen molar-refractivity contribution < 1.29 is 14.0 Å². The van der Waals surface area contributed by atoms with E-state index in [9.17, 15) is 14.0 Å². The predicted octanol–water partition coefficient (Wildman–Crippen LogP) is 4.00. The van der Waals surface area contributed by atoms with Crippen LogP contribution in [0.3, 0.4) is 0 Å². The van der Waals surface area contributed by atoms with E-state index >= 15 is 0 Å². The molecule has 160 valence electrons. The zero-order valence-electron chi connectivity index (χ0n) is 16.7. The molecule has 6 nitrogen and oxygen atoms in total. The number of aromatic nitrogens is 2. The van der Waals surface area contributed by atoms with E-state index in [1.54, 1.807) is 28.8 Å². The van der Waals surface area contributed by atoms with Crippen molar-refractivity contribution in [3.05, 3.63) is 71.0 Å². The number of thioether (sulfide) groups is 1. The number of amides is 2. The molecule has 1 aliphatic heterocycles. The number of halogens is 1. The number of carbonyl (C=O) groups excluding carboxylic acids is 2. The van der Waals surface area contributed by atoms with Gasteiger partial charge in [0.25, 0.3) is 0 Å². The Bertz CT molecular complexity index is 1040. The monoisotopic (exact) mass is 456 g/mol. The lowest BCUT2D eigenvalue weighted by Crippen LogP contribution is -2.30. The van der Waals surface area contributed by atoms with Gasteiger partial charge in [-0.1, -0.05) is 41.7 Å². The number of hydrogen-bond donors (Lipinski definition) is 1. The van der Waals surface area contributed by atoms with Crippen molar-refractivity contribution >= 4 is 40.0 Å². The maximum Gasteiger partial charge on any atom is 0.231 e. The zero-order valence-corrected chi connectivity index (χ0v) is 18.3. The molecule has 1 N–H and O–H groups in total. The smallest absolute Gasteiger partial charge is 0.231 e. The van der Waals surface area contributed by atoms with Crippen molar-refractivity contribution in [2.75, 3.05) is 18.4 Å². The highest BCUT2D eigenvalue weighted by Gasteiger charge is 2.34. The fourth-order valence-corrected chi connectivity index (χ4v) is 4.96. The van der Waals surface area contributed by atoms with Gasteiger partial charge in [0.2, 0.25) is 16.9 Å². The molecule has 1 aliphatic rings. The van der Waals surface area contributed by atoms with Crippen LogP contribution in [0.5, 0.6) is 0 Å².